The van der Waals surface area contributed by atoms with Gasteiger partial charge in [0.25, 0.3) is 0 Å². The normalized spacial score (nSPS) is 30.9. The average molecular weight is 337 g/mol. The molecule has 6 heteroatoms. The number of hydrogen-bond donors (Lipinski definition) is 1. The van der Waals surface area contributed by atoms with E-state index in [1.807, 2.05) is 0 Å². The van der Waals surface area contributed by atoms with Gasteiger partial charge in [-0.05, 0) is 0 Å². The van der Waals surface area contributed by atoms with Crippen LogP contribution < -0.4 is 5.50 Å². The van der Waals surface area contributed by atoms with Crippen molar-refractivity contribution in [3.8, 4) is 0 Å². The fraction of sp³-hybridized carbons (Fsp3) is 1.00. The van der Waals surface area contributed by atoms with Crippen molar-refractivity contribution in [3.05, 3.63) is 0 Å². The Hall–Kier alpha value is 0.750. The molecule has 0 aromatic rings. The first-order valence-electron chi connectivity index (χ1n) is 7.42. The summed E-state index contributed by atoms with van der Waals surface area (Å²) in [6.07, 6.45) is 7.85. The molecule has 3 heterocycles. The molecule has 3 fully saturated rings. The van der Waals surface area contributed by atoms with Crippen molar-refractivity contribution in [2.75, 3.05) is 39.3 Å². The molecule has 106 valence electrons. The van der Waals surface area contributed by atoms with Crippen LogP contribution in [0.4, 0.5) is 0 Å². The maximum atomic E-state index is 7.18. The first-order chi connectivity index (χ1) is 8.62. The van der Waals surface area contributed by atoms with Crippen LogP contribution in [0.5, 0.6) is 0 Å². The van der Waals surface area contributed by atoms with Crippen LogP contribution in [0, 0.1) is 0 Å². The van der Waals surface area contributed by atoms with E-state index in [-0.39, 0.29) is 0 Å². The van der Waals surface area contributed by atoms with Crippen molar-refractivity contribution in [3.63, 3.8) is 0 Å². The van der Waals surface area contributed by atoms with E-state index in [1.165, 1.54) is 77.8 Å². The summed E-state index contributed by atoms with van der Waals surface area (Å²) in [6.45, 7) is 7.04. The quantitative estimate of drug-likeness (QED) is 0.804. The molecule has 0 aliphatic carbocycles. The van der Waals surface area contributed by atoms with Gasteiger partial charge in [0.1, 0.15) is 0 Å². The van der Waals surface area contributed by atoms with Gasteiger partial charge in [-0.25, -0.2) is 0 Å². The Labute approximate surface area is 119 Å². The van der Waals surface area contributed by atoms with Crippen molar-refractivity contribution >= 4 is 21.4 Å². The number of halogens is 1. The first-order valence-corrected chi connectivity index (χ1v) is 11.6. The molecule has 0 aromatic carbocycles. The fourth-order valence-corrected chi connectivity index (χ4v) is 10.7. The van der Waals surface area contributed by atoms with E-state index in [2.05, 4.69) is 29.5 Å². The summed E-state index contributed by atoms with van der Waals surface area (Å²) in [5, 5.41) is 0. The summed E-state index contributed by atoms with van der Waals surface area (Å²) >= 11 is 4.16. The van der Waals surface area contributed by atoms with Gasteiger partial charge in [0.2, 0.25) is 0 Å². The molecule has 0 saturated carbocycles. The summed E-state index contributed by atoms with van der Waals surface area (Å²) in [5.41, 5.74) is 7.18. The summed E-state index contributed by atoms with van der Waals surface area (Å²) in [5.74, 6) is -2.63. The Morgan fingerprint density at radius 3 is 1.06 bits per heavy atom. The molecule has 0 radical (unpaired) electrons. The second-order valence-corrected chi connectivity index (χ2v) is 13.6. The topological polar surface area (TPSA) is 35.7 Å². The van der Waals surface area contributed by atoms with Crippen molar-refractivity contribution in [2.45, 2.75) is 38.5 Å². The zero-order valence-electron chi connectivity index (χ0n) is 11.2. The number of nitrogens with two attached hydrogens (primary N) is 1. The van der Waals surface area contributed by atoms with E-state index in [9.17, 15) is 0 Å². The Bertz CT molecular complexity index is 260. The predicted octanol–water partition coefficient (Wildman–Crippen LogP) is 2.76. The SMILES string of the molecule is NP(Br)(N1CCCC1)(N1CCCC1)N1CCCC1. The van der Waals surface area contributed by atoms with Crippen LogP contribution in [0.3, 0.4) is 0 Å². The van der Waals surface area contributed by atoms with Crippen LogP contribution in [-0.4, -0.2) is 53.3 Å². The van der Waals surface area contributed by atoms with Crippen molar-refractivity contribution < 1.29 is 0 Å². The second kappa shape index (κ2) is 4.94. The fourth-order valence-electron chi connectivity index (χ4n) is 3.75. The van der Waals surface area contributed by atoms with Crippen molar-refractivity contribution in [1.82, 2.24) is 14.0 Å². The monoisotopic (exact) mass is 336 g/mol. The van der Waals surface area contributed by atoms with E-state index in [0.29, 0.717) is 0 Å². The predicted molar refractivity (Wildman–Crippen MR) is 82.5 cm³/mol. The molecule has 0 bridgehead atoms. The third-order valence-electron chi connectivity index (χ3n) is 4.82. The minimum atomic E-state index is -2.63. The van der Waals surface area contributed by atoms with Crippen molar-refractivity contribution in [2.24, 2.45) is 5.50 Å². The Balaban J connectivity index is 1.93. The summed E-state index contributed by atoms with van der Waals surface area (Å²) in [4.78, 5) is 0. The molecular formula is C12H26BrN4P. The van der Waals surface area contributed by atoms with Crippen LogP contribution in [0.15, 0.2) is 0 Å². The number of nitrogens with zero attached hydrogens (tertiary/aromatic N) is 3. The van der Waals surface area contributed by atoms with E-state index >= 15 is 0 Å². The molecule has 3 rings (SSSR count). The molecular weight excluding hydrogens is 311 g/mol. The van der Waals surface area contributed by atoms with Crippen LogP contribution >= 0.6 is 21.4 Å². The molecule has 3 saturated heterocycles. The van der Waals surface area contributed by atoms with Gasteiger partial charge in [0, 0.05) is 0 Å². The van der Waals surface area contributed by atoms with Gasteiger partial charge in [-0.15, -0.1) is 0 Å². The molecule has 0 amide bonds. The van der Waals surface area contributed by atoms with Gasteiger partial charge in [0.15, 0.2) is 0 Å². The molecule has 18 heavy (non-hydrogen) atoms. The van der Waals surface area contributed by atoms with Gasteiger partial charge >= 0.3 is 119 Å². The molecule has 2 N–H and O–H groups in total. The van der Waals surface area contributed by atoms with Gasteiger partial charge in [-0.1, -0.05) is 0 Å². The summed E-state index contributed by atoms with van der Waals surface area (Å²) in [7, 11) is 0. The van der Waals surface area contributed by atoms with Crippen molar-refractivity contribution in [1.29, 1.82) is 0 Å². The van der Waals surface area contributed by atoms with Crippen LogP contribution in [0.25, 0.3) is 0 Å². The van der Waals surface area contributed by atoms with E-state index in [1.54, 1.807) is 0 Å². The Morgan fingerprint density at radius 2 is 0.833 bits per heavy atom. The third kappa shape index (κ3) is 1.99. The zero-order chi connectivity index (χ0) is 12.7. The third-order valence-corrected chi connectivity index (χ3v) is 13.2. The van der Waals surface area contributed by atoms with E-state index in [0.717, 1.165) is 0 Å². The summed E-state index contributed by atoms with van der Waals surface area (Å²) < 4.78 is 7.80. The molecule has 0 atom stereocenters. The number of rotatable bonds is 3. The van der Waals surface area contributed by atoms with E-state index < -0.39 is 5.91 Å². The molecule has 0 spiro atoms. The Morgan fingerprint density at radius 1 is 0.611 bits per heavy atom. The maximum absolute atomic E-state index is 7.18. The molecule has 3 aliphatic rings. The van der Waals surface area contributed by atoms with Gasteiger partial charge in [-0.3, -0.25) is 0 Å². The molecule has 0 unspecified atom stereocenters. The zero-order valence-corrected chi connectivity index (χ0v) is 13.7. The molecule has 4 nitrogen and oxygen atoms in total. The van der Waals surface area contributed by atoms with Crippen LogP contribution in [0.2, 0.25) is 0 Å². The average Bonchev–Trinajstić information content (AvgIpc) is 3.13. The van der Waals surface area contributed by atoms with Gasteiger partial charge in [0.05, 0.1) is 0 Å². The molecule has 3 aliphatic heterocycles. The van der Waals surface area contributed by atoms with Gasteiger partial charge < -0.3 is 0 Å². The van der Waals surface area contributed by atoms with Crippen LogP contribution in [0.1, 0.15) is 38.5 Å². The first kappa shape index (κ1) is 13.7. The number of hydrogen-bond acceptors (Lipinski definition) is 4. The standard InChI is InChI=1S/C12H26BrN4P/c13-18(14,15-7-1-2-8-15,16-9-3-4-10-16)17-11-5-6-12-17/h1-12,14H2. The minimum absolute atomic E-state index is 1.17. The summed E-state index contributed by atoms with van der Waals surface area (Å²) in [6, 6.07) is 0. The van der Waals surface area contributed by atoms with Crippen LogP contribution in [-0.2, 0) is 0 Å². The Kier molecular flexibility index (Phi) is 3.77. The molecule has 0 aromatic heterocycles. The second-order valence-electron chi connectivity index (χ2n) is 5.92. The van der Waals surface area contributed by atoms with E-state index in [4.69, 9.17) is 5.50 Å². The van der Waals surface area contributed by atoms with Gasteiger partial charge in [-0.2, -0.15) is 0 Å².